The van der Waals surface area contributed by atoms with E-state index in [2.05, 4.69) is 4.98 Å². The van der Waals surface area contributed by atoms with E-state index in [9.17, 15) is 14.0 Å². The molecule has 5 nitrogen and oxygen atoms in total. The van der Waals surface area contributed by atoms with Crippen LogP contribution in [0.4, 0.5) is 4.39 Å². The van der Waals surface area contributed by atoms with Gasteiger partial charge in [-0.2, -0.15) is 0 Å². The van der Waals surface area contributed by atoms with Crippen LogP contribution in [0, 0.1) is 19.7 Å². The number of fused-ring (bicyclic) bond motifs is 1. The van der Waals surface area contributed by atoms with Crippen LogP contribution in [0.25, 0.3) is 16.7 Å². The minimum Gasteiger partial charge on any atom is -0.268 e. The molecule has 0 unspecified atom stereocenters. The van der Waals surface area contributed by atoms with Crippen LogP contribution in [0.15, 0.2) is 70.3 Å². The van der Waals surface area contributed by atoms with Gasteiger partial charge >= 0.3 is 5.69 Å². The van der Waals surface area contributed by atoms with Gasteiger partial charge in [-0.05, 0) is 55.3 Å². The van der Waals surface area contributed by atoms with E-state index in [1.807, 2.05) is 38.1 Å². The highest BCUT2D eigenvalue weighted by Gasteiger charge is 2.18. The Morgan fingerprint density at radius 2 is 1.71 bits per heavy atom. The van der Waals surface area contributed by atoms with Crippen molar-refractivity contribution in [2.45, 2.75) is 20.4 Å². The molecule has 0 saturated heterocycles. The standard InChI is InChI=1S/C22H18FN3O2/c1-14-11-15(2)24-20-19(14)21(27)25(13-16-7-6-8-17(23)12-16)22(28)26(20)18-9-4-3-5-10-18/h3-12H,13H2,1-2H3. The summed E-state index contributed by atoms with van der Waals surface area (Å²) in [6.45, 7) is 3.63. The Labute approximate surface area is 160 Å². The molecular weight excluding hydrogens is 357 g/mol. The number of nitrogens with zero attached hydrogens (tertiary/aromatic N) is 3. The molecule has 0 fully saturated rings. The summed E-state index contributed by atoms with van der Waals surface area (Å²) in [6, 6.07) is 16.8. The third kappa shape index (κ3) is 3.03. The van der Waals surface area contributed by atoms with Gasteiger partial charge in [0.05, 0.1) is 17.6 Å². The SMILES string of the molecule is Cc1cc(C)c2c(=O)n(Cc3cccc(F)c3)c(=O)n(-c3ccccc3)c2n1. The number of pyridine rings is 1. The molecule has 0 aliphatic heterocycles. The fourth-order valence-corrected chi connectivity index (χ4v) is 3.44. The van der Waals surface area contributed by atoms with Crippen molar-refractivity contribution in [3.63, 3.8) is 0 Å². The summed E-state index contributed by atoms with van der Waals surface area (Å²) in [4.78, 5) is 31.0. The van der Waals surface area contributed by atoms with Crippen molar-refractivity contribution in [2.24, 2.45) is 0 Å². The number of rotatable bonds is 3. The van der Waals surface area contributed by atoms with E-state index in [0.717, 1.165) is 15.8 Å². The Bertz CT molecular complexity index is 1310. The monoisotopic (exact) mass is 375 g/mol. The van der Waals surface area contributed by atoms with Crippen molar-refractivity contribution in [2.75, 3.05) is 0 Å². The smallest absolute Gasteiger partial charge is 0.268 e. The Morgan fingerprint density at radius 3 is 2.43 bits per heavy atom. The molecule has 6 heteroatoms. The lowest BCUT2D eigenvalue weighted by molar-refractivity contribution is 0.619. The highest BCUT2D eigenvalue weighted by Crippen LogP contribution is 2.17. The fraction of sp³-hybridized carbons (Fsp3) is 0.136. The molecule has 2 aromatic heterocycles. The molecule has 140 valence electrons. The zero-order valence-corrected chi connectivity index (χ0v) is 15.5. The average molecular weight is 375 g/mol. The number of aromatic nitrogens is 3. The first-order chi connectivity index (χ1) is 13.5. The Hall–Kier alpha value is -3.54. The molecule has 0 saturated carbocycles. The Balaban J connectivity index is 2.09. The summed E-state index contributed by atoms with van der Waals surface area (Å²) >= 11 is 0. The second-order valence-electron chi connectivity index (χ2n) is 6.75. The second kappa shape index (κ2) is 6.88. The minimum atomic E-state index is -0.509. The maximum absolute atomic E-state index is 13.6. The molecular formula is C22H18FN3O2. The van der Waals surface area contributed by atoms with Gasteiger partial charge < -0.3 is 0 Å². The van der Waals surface area contributed by atoms with Gasteiger partial charge in [0.25, 0.3) is 5.56 Å². The van der Waals surface area contributed by atoms with E-state index in [0.29, 0.717) is 22.3 Å². The van der Waals surface area contributed by atoms with E-state index in [1.165, 1.54) is 16.7 Å². The van der Waals surface area contributed by atoms with Gasteiger partial charge in [0.1, 0.15) is 5.82 Å². The summed E-state index contributed by atoms with van der Waals surface area (Å²) in [5.41, 5.74) is 2.00. The summed E-state index contributed by atoms with van der Waals surface area (Å²) in [5, 5.41) is 0.380. The molecule has 0 amide bonds. The molecule has 0 bridgehead atoms. The maximum atomic E-state index is 13.6. The van der Waals surface area contributed by atoms with Crippen molar-refractivity contribution in [1.82, 2.24) is 14.1 Å². The van der Waals surface area contributed by atoms with E-state index >= 15 is 0 Å². The van der Waals surface area contributed by atoms with Crippen molar-refractivity contribution in [1.29, 1.82) is 0 Å². The van der Waals surface area contributed by atoms with Crippen molar-refractivity contribution in [3.05, 3.63) is 104 Å². The lowest BCUT2D eigenvalue weighted by atomic mass is 10.1. The third-order valence-electron chi connectivity index (χ3n) is 4.66. The summed E-state index contributed by atoms with van der Waals surface area (Å²) in [5.74, 6) is -0.414. The van der Waals surface area contributed by atoms with Crippen LogP contribution >= 0.6 is 0 Å². The van der Waals surface area contributed by atoms with E-state index in [4.69, 9.17) is 0 Å². The molecule has 2 aromatic carbocycles. The normalized spacial score (nSPS) is 11.1. The average Bonchev–Trinajstić information content (AvgIpc) is 2.65. The van der Waals surface area contributed by atoms with Gasteiger partial charge in [0.15, 0.2) is 5.65 Å². The summed E-state index contributed by atoms with van der Waals surface area (Å²) in [6.07, 6.45) is 0. The van der Waals surface area contributed by atoms with E-state index in [-0.39, 0.29) is 6.54 Å². The molecule has 4 rings (SSSR count). The molecule has 0 aliphatic rings. The van der Waals surface area contributed by atoms with Gasteiger partial charge in [0, 0.05) is 5.69 Å². The first-order valence-electron chi connectivity index (χ1n) is 8.89. The van der Waals surface area contributed by atoms with Gasteiger partial charge in [-0.3, -0.25) is 9.36 Å². The summed E-state index contributed by atoms with van der Waals surface area (Å²) in [7, 11) is 0. The van der Waals surface area contributed by atoms with Crippen LogP contribution in [-0.4, -0.2) is 14.1 Å². The molecule has 0 atom stereocenters. The van der Waals surface area contributed by atoms with Gasteiger partial charge in [-0.25, -0.2) is 18.7 Å². The molecule has 4 aromatic rings. The number of hydrogen-bond donors (Lipinski definition) is 0. The first-order valence-corrected chi connectivity index (χ1v) is 8.89. The van der Waals surface area contributed by atoms with Crippen molar-refractivity contribution in [3.8, 4) is 5.69 Å². The quantitative estimate of drug-likeness (QED) is 0.552. The highest BCUT2D eigenvalue weighted by atomic mass is 19.1. The van der Waals surface area contributed by atoms with E-state index in [1.54, 1.807) is 24.3 Å². The Morgan fingerprint density at radius 1 is 0.964 bits per heavy atom. The largest absolute Gasteiger partial charge is 0.337 e. The van der Waals surface area contributed by atoms with Crippen LogP contribution in [0.2, 0.25) is 0 Å². The molecule has 0 radical (unpaired) electrons. The topological polar surface area (TPSA) is 56.9 Å². The van der Waals surface area contributed by atoms with Crippen LogP contribution in [-0.2, 0) is 6.54 Å². The molecule has 0 N–H and O–H groups in total. The van der Waals surface area contributed by atoms with Crippen molar-refractivity contribution < 1.29 is 4.39 Å². The number of benzene rings is 2. The fourth-order valence-electron chi connectivity index (χ4n) is 3.44. The van der Waals surface area contributed by atoms with Crippen LogP contribution < -0.4 is 11.2 Å². The van der Waals surface area contributed by atoms with Crippen molar-refractivity contribution >= 4 is 11.0 Å². The van der Waals surface area contributed by atoms with Gasteiger partial charge in [0.2, 0.25) is 0 Å². The number of hydrogen-bond acceptors (Lipinski definition) is 3. The number of para-hydroxylation sites is 1. The van der Waals surface area contributed by atoms with Crippen LogP contribution in [0.3, 0.4) is 0 Å². The lowest BCUT2D eigenvalue weighted by Crippen LogP contribution is -2.40. The third-order valence-corrected chi connectivity index (χ3v) is 4.66. The maximum Gasteiger partial charge on any atom is 0.337 e. The van der Waals surface area contributed by atoms with Crippen LogP contribution in [0.5, 0.6) is 0 Å². The molecule has 2 heterocycles. The Kier molecular flexibility index (Phi) is 4.39. The minimum absolute atomic E-state index is 0.0223. The van der Waals surface area contributed by atoms with E-state index < -0.39 is 17.1 Å². The highest BCUT2D eigenvalue weighted by molar-refractivity contribution is 5.79. The second-order valence-corrected chi connectivity index (χ2v) is 6.75. The predicted molar refractivity (Wildman–Crippen MR) is 107 cm³/mol. The number of halogens is 1. The zero-order valence-electron chi connectivity index (χ0n) is 15.5. The van der Waals surface area contributed by atoms with Crippen LogP contribution in [0.1, 0.15) is 16.8 Å². The number of aryl methyl sites for hydroxylation is 2. The predicted octanol–water partition coefficient (Wildman–Crippen LogP) is 3.35. The molecule has 0 aliphatic carbocycles. The molecule has 0 spiro atoms. The first kappa shape index (κ1) is 17.9. The lowest BCUT2D eigenvalue weighted by Gasteiger charge is -2.15. The zero-order chi connectivity index (χ0) is 19.8. The van der Waals surface area contributed by atoms with Gasteiger partial charge in [-0.15, -0.1) is 0 Å². The summed E-state index contributed by atoms with van der Waals surface area (Å²) < 4.78 is 16.2. The van der Waals surface area contributed by atoms with Gasteiger partial charge in [-0.1, -0.05) is 30.3 Å². The molecule has 28 heavy (non-hydrogen) atoms.